The second-order valence-electron chi connectivity index (χ2n) is 5.10. The molecule has 1 N–H and O–H groups in total. The molecule has 2 unspecified atom stereocenters. The summed E-state index contributed by atoms with van der Waals surface area (Å²) >= 11 is 0. The Labute approximate surface area is 103 Å². The van der Waals surface area contributed by atoms with Crippen molar-refractivity contribution < 1.29 is 4.79 Å². The number of rotatable bonds is 1. The number of carbonyl (C=O) groups excluding carboxylic acids is 1. The minimum atomic E-state index is 0.140. The molecular weight excluding hydrogens is 214 g/mol. The third kappa shape index (κ3) is 2.36. The van der Waals surface area contributed by atoms with E-state index < -0.39 is 0 Å². The van der Waals surface area contributed by atoms with Crippen LogP contribution in [0.1, 0.15) is 30.0 Å². The smallest absolute Gasteiger partial charge is 0.270 e. The van der Waals surface area contributed by atoms with Crippen LogP contribution in [0.2, 0.25) is 0 Å². The third-order valence-electron chi connectivity index (χ3n) is 3.44. The van der Waals surface area contributed by atoms with Crippen LogP contribution in [0.5, 0.6) is 0 Å². The summed E-state index contributed by atoms with van der Waals surface area (Å²) in [6.07, 6.45) is 0. The molecule has 0 radical (unpaired) electrons. The van der Waals surface area contributed by atoms with Crippen LogP contribution in [0.15, 0.2) is 12.1 Å². The van der Waals surface area contributed by atoms with Crippen LogP contribution in [0.25, 0.3) is 0 Å². The van der Waals surface area contributed by atoms with Gasteiger partial charge in [-0.3, -0.25) is 4.79 Å². The summed E-state index contributed by atoms with van der Waals surface area (Å²) in [5.74, 6) is 0.140. The lowest BCUT2D eigenvalue weighted by molar-refractivity contribution is 0.0664. The summed E-state index contributed by atoms with van der Waals surface area (Å²) in [7, 11) is 1.94. The molecule has 0 aliphatic carbocycles. The molecule has 17 heavy (non-hydrogen) atoms. The molecule has 1 aliphatic heterocycles. The summed E-state index contributed by atoms with van der Waals surface area (Å²) < 4.78 is 1.96. The van der Waals surface area contributed by atoms with E-state index in [2.05, 4.69) is 19.2 Å². The van der Waals surface area contributed by atoms with E-state index in [1.165, 1.54) is 0 Å². The monoisotopic (exact) mass is 235 g/mol. The number of amides is 1. The van der Waals surface area contributed by atoms with Crippen molar-refractivity contribution in [2.24, 2.45) is 7.05 Å². The molecule has 0 spiro atoms. The molecule has 1 fully saturated rings. The molecule has 2 rings (SSSR count). The van der Waals surface area contributed by atoms with E-state index in [1.807, 2.05) is 35.6 Å². The lowest BCUT2D eigenvalue weighted by Crippen LogP contribution is -2.56. The Morgan fingerprint density at radius 2 is 1.88 bits per heavy atom. The Morgan fingerprint density at radius 3 is 2.35 bits per heavy atom. The predicted octanol–water partition coefficient (Wildman–Crippen LogP) is 1.16. The van der Waals surface area contributed by atoms with E-state index in [9.17, 15) is 4.79 Å². The lowest BCUT2D eigenvalue weighted by Gasteiger charge is -2.36. The summed E-state index contributed by atoms with van der Waals surface area (Å²) in [5.41, 5.74) is 1.90. The van der Waals surface area contributed by atoms with Crippen molar-refractivity contribution in [3.63, 3.8) is 0 Å². The van der Waals surface area contributed by atoms with E-state index in [1.54, 1.807) is 0 Å². The first-order valence-electron chi connectivity index (χ1n) is 6.16. The summed E-state index contributed by atoms with van der Waals surface area (Å²) in [6, 6.07) is 4.63. The molecule has 1 saturated heterocycles. The molecule has 0 bridgehead atoms. The van der Waals surface area contributed by atoms with Gasteiger partial charge in [-0.1, -0.05) is 0 Å². The van der Waals surface area contributed by atoms with Crippen molar-refractivity contribution in [2.75, 3.05) is 13.1 Å². The van der Waals surface area contributed by atoms with Gasteiger partial charge < -0.3 is 14.8 Å². The van der Waals surface area contributed by atoms with Crippen molar-refractivity contribution in [3.8, 4) is 0 Å². The standard InChI is InChI=1S/C13H21N3O/c1-9-7-16(8-10(2)14-9)13(17)12-6-5-11(3)15(12)4/h5-6,9-10,14H,7-8H2,1-4H3. The van der Waals surface area contributed by atoms with Crippen molar-refractivity contribution in [3.05, 3.63) is 23.5 Å². The van der Waals surface area contributed by atoms with Crippen molar-refractivity contribution in [2.45, 2.75) is 32.9 Å². The van der Waals surface area contributed by atoms with Gasteiger partial charge in [-0.15, -0.1) is 0 Å². The number of piperazine rings is 1. The average molecular weight is 235 g/mol. The van der Waals surface area contributed by atoms with Gasteiger partial charge in [0.25, 0.3) is 5.91 Å². The van der Waals surface area contributed by atoms with Crippen LogP contribution < -0.4 is 5.32 Å². The maximum absolute atomic E-state index is 12.4. The number of aromatic nitrogens is 1. The summed E-state index contributed by atoms with van der Waals surface area (Å²) in [5, 5.41) is 3.43. The zero-order valence-corrected chi connectivity index (χ0v) is 11.0. The molecule has 1 aromatic rings. The molecule has 94 valence electrons. The predicted molar refractivity (Wildman–Crippen MR) is 68.1 cm³/mol. The Hall–Kier alpha value is -1.29. The Kier molecular flexibility index (Phi) is 3.24. The van der Waals surface area contributed by atoms with Crippen molar-refractivity contribution in [1.29, 1.82) is 0 Å². The van der Waals surface area contributed by atoms with Crippen LogP contribution in [0.3, 0.4) is 0 Å². The van der Waals surface area contributed by atoms with E-state index in [0.29, 0.717) is 12.1 Å². The van der Waals surface area contributed by atoms with E-state index >= 15 is 0 Å². The van der Waals surface area contributed by atoms with Crippen molar-refractivity contribution >= 4 is 5.91 Å². The number of nitrogens with zero attached hydrogens (tertiary/aromatic N) is 2. The first-order valence-corrected chi connectivity index (χ1v) is 6.16. The van der Waals surface area contributed by atoms with Crippen LogP contribution in [-0.2, 0) is 7.05 Å². The quantitative estimate of drug-likeness (QED) is 0.793. The fourth-order valence-electron chi connectivity index (χ4n) is 2.48. The average Bonchev–Trinajstić information content (AvgIpc) is 2.57. The molecule has 2 atom stereocenters. The third-order valence-corrected chi connectivity index (χ3v) is 3.44. The maximum Gasteiger partial charge on any atom is 0.270 e. The van der Waals surface area contributed by atoms with Gasteiger partial charge in [-0.05, 0) is 32.9 Å². The van der Waals surface area contributed by atoms with E-state index in [0.717, 1.165) is 24.5 Å². The highest BCUT2D eigenvalue weighted by Gasteiger charge is 2.26. The highest BCUT2D eigenvalue weighted by molar-refractivity contribution is 5.93. The fraction of sp³-hybridized carbons (Fsp3) is 0.615. The van der Waals surface area contributed by atoms with Gasteiger partial charge in [0.1, 0.15) is 5.69 Å². The molecule has 0 aromatic carbocycles. The topological polar surface area (TPSA) is 37.3 Å². The number of carbonyl (C=O) groups is 1. The molecular formula is C13H21N3O. The zero-order valence-electron chi connectivity index (χ0n) is 11.0. The highest BCUT2D eigenvalue weighted by Crippen LogP contribution is 2.12. The largest absolute Gasteiger partial charge is 0.344 e. The molecule has 1 aliphatic rings. The number of aryl methyl sites for hydroxylation is 1. The SMILES string of the molecule is Cc1ccc(C(=O)N2CC(C)NC(C)C2)n1C. The van der Waals surface area contributed by atoms with Gasteiger partial charge >= 0.3 is 0 Å². The molecule has 1 aromatic heterocycles. The van der Waals surface area contributed by atoms with Crippen LogP contribution in [0, 0.1) is 6.92 Å². The normalized spacial score (nSPS) is 25.1. The second kappa shape index (κ2) is 4.53. The van der Waals surface area contributed by atoms with Gasteiger partial charge in [0.2, 0.25) is 0 Å². The zero-order chi connectivity index (χ0) is 12.6. The minimum absolute atomic E-state index is 0.140. The number of nitrogens with one attached hydrogen (secondary N) is 1. The van der Waals surface area contributed by atoms with E-state index in [4.69, 9.17) is 0 Å². The van der Waals surface area contributed by atoms with Crippen molar-refractivity contribution in [1.82, 2.24) is 14.8 Å². The fourth-order valence-corrected chi connectivity index (χ4v) is 2.48. The number of hydrogen-bond acceptors (Lipinski definition) is 2. The second-order valence-corrected chi connectivity index (χ2v) is 5.10. The first-order chi connectivity index (χ1) is 7.99. The molecule has 0 saturated carbocycles. The summed E-state index contributed by atoms with van der Waals surface area (Å²) in [6.45, 7) is 7.82. The lowest BCUT2D eigenvalue weighted by atomic mass is 10.1. The molecule has 1 amide bonds. The van der Waals surface area contributed by atoms with Crippen LogP contribution >= 0.6 is 0 Å². The van der Waals surface area contributed by atoms with E-state index in [-0.39, 0.29) is 5.91 Å². The van der Waals surface area contributed by atoms with Gasteiger partial charge in [0.15, 0.2) is 0 Å². The molecule has 4 nitrogen and oxygen atoms in total. The van der Waals surface area contributed by atoms with Crippen LogP contribution in [-0.4, -0.2) is 40.5 Å². The number of hydrogen-bond donors (Lipinski definition) is 1. The first kappa shape index (κ1) is 12.2. The Morgan fingerprint density at radius 1 is 1.29 bits per heavy atom. The molecule has 2 heterocycles. The maximum atomic E-state index is 12.4. The van der Waals surface area contributed by atoms with Crippen LogP contribution in [0.4, 0.5) is 0 Å². The van der Waals surface area contributed by atoms with Gasteiger partial charge in [0.05, 0.1) is 0 Å². The van der Waals surface area contributed by atoms with Gasteiger partial charge in [0, 0.05) is 37.9 Å². The van der Waals surface area contributed by atoms with Gasteiger partial charge in [-0.25, -0.2) is 0 Å². The Balaban J connectivity index is 2.17. The summed E-state index contributed by atoms with van der Waals surface area (Å²) in [4.78, 5) is 14.3. The highest BCUT2D eigenvalue weighted by atomic mass is 16.2. The molecule has 4 heteroatoms. The van der Waals surface area contributed by atoms with Gasteiger partial charge in [-0.2, -0.15) is 0 Å². The Bertz CT molecular complexity index is 414. The minimum Gasteiger partial charge on any atom is -0.344 e.